The van der Waals surface area contributed by atoms with E-state index < -0.39 is 15.8 Å². The van der Waals surface area contributed by atoms with Crippen LogP contribution in [0.25, 0.3) is 0 Å². The lowest BCUT2D eigenvalue weighted by molar-refractivity contribution is 0.350. The zero-order valence-electron chi connectivity index (χ0n) is 10.4. The number of nitrogens with zero attached hydrogens (tertiary/aromatic N) is 1. The molecule has 1 saturated heterocycles. The quantitative estimate of drug-likeness (QED) is 0.781. The van der Waals surface area contributed by atoms with Gasteiger partial charge in [0.1, 0.15) is 12.4 Å². The molecule has 1 N–H and O–H groups in total. The van der Waals surface area contributed by atoms with Crippen LogP contribution in [0.5, 0.6) is 0 Å². The molecule has 0 radical (unpaired) electrons. The highest BCUT2D eigenvalue weighted by molar-refractivity contribution is 7.93. The van der Waals surface area contributed by atoms with Crippen LogP contribution < -0.4 is 4.31 Å². The average Bonchev–Trinajstić information content (AvgIpc) is 2.61. The minimum atomic E-state index is -3.33. The highest BCUT2D eigenvalue weighted by atomic mass is 32.2. The Morgan fingerprint density at radius 3 is 2.84 bits per heavy atom. The van der Waals surface area contributed by atoms with Crippen LogP contribution in [-0.4, -0.2) is 32.4 Å². The summed E-state index contributed by atoms with van der Waals surface area (Å²) in [7, 11) is -3.33. The van der Waals surface area contributed by atoms with Gasteiger partial charge < -0.3 is 5.11 Å². The van der Waals surface area contributed by atoms with Gasteiger partial charge in [-0.05, 0) is 24.1 Å². The highest BCUT2D eigenvalue weighted by Gasteiger charge is 2.33. The van der Waals surface area contributed by atoms with Crippen LogP contribution in [0.2, 0.25) is 0 Å². The van der Waals surface area contributed by atoms with Crippen LogP contribution in [0.1, 0.15) is 12.5 Å². The Labute approximate surface area is 111 Å². The molecule has 1 atom stereocenters. The molecule has 1 heterocycles. The summed E-state index contributed by atoms with van der Waals surface area (Å²) < 4.78 is 38.7. The van der Waals surface area contributed by atoms with Gasteiger partial charge >= 0.3 is 0 Å². The molecule has 0 saturated carbocycles. The van der Waals surface area contributed by atoms with Crippen LogP contribution >= 0.6 is 0 Å². The maximum atomic E-state index is 13.5. The Morgan fingerprint density at radius 2 is 2.26 bits per heavy atom. The van der Waals surface area contributed by atoms with E-state index in [4.69, 9.17) is 5.11 Å². The summed E-state index contributed by atoms with van der Waals surface area (Å²) in [6.07, 6.45) is 0. The Kier molecular flexibility index (Phi) is 3.78. The molecule has 0 bridgehead atoms. The van der Waals surface area contributed by atoms with E-state index in [-0.39, 0.29) is 23.8 Å². The standard InChI is InChI=1S/C13H14FNO3S/c1-10-8-15(19(17,18)9-10)12-4-5-13(14)11(7-12)3-2-6-16/h4-5,7,10,16H,6,8-9H2,1H3. The number of aliphatic hydroxyl groups is 1. The fourth-order valence-electron chi connectivity index (χ4n) is 2.06. The summed E-state index contributed by atoms with van der Waals surface area (Å²) in [5.41, 5.74) is 0.495. The van der Waals surface area contributed by atoms with Crippen LogP contribution in [-0.2, 0) is 10.0 Å². The van der Waals surface area contributed by atoms with E-state index in [1.165, 1.54) is 22.5 Å². The third-order valence-electron chi connectivity index (χ3n) is 2.85. The van der Waals surface area contributed by atoms with Crippen molar-refractivity contribution in [2.75, 3.05) is 23.2 Å². The highest BCUT2D eigenvalue weighted by Crippen LogP contribution is 2.28. The number of rotatable bonds is 1. The van der Waals surface area contributed by atoms with E-state index in [9.17, 15) is 12.8 Å². The average molecular weight is 283 g/mol. The first-order valence-electron chi connectivity index (χ1n) is 5.84. The van der Waals surface area contributed by atoms with E-state index in [1.807, 2.05) is 6.92 Å². The largest absolute Gasteiger partial charge is 0.384 e. The summed E-state index contributed by atoms with van der Waals surface area (Å²) in [5, 5.41) is 8.61. The van der Waals surface area contributed by atoms with Gasteiger partial charge in [0, 0.05) is 6.54 Å². The SMILES string of the molecule is CC1CN(c2ccc(F)c(C#CCO)c2)S(=O)(=O)C1. The molecular formula is C13H14FNO3S. The summed E-state index contributed by atoms with van der Waals surface area (Å²) in [6.45, 7) is 1.87. The number of aliphatic hydroxyl groups excluding tert-OH is 1. The van der Waals surface area contributed by atoms with E-state index in [0.717, 1.165) is 0 Å². The van der Waals surface area contributed by atoms with E-state index in [1.54, 1.807) is 0 Å². The van der Waals surface area contributed by atoms with Crippen LogP contribution in [0.15, 0.2) is 18.2 Å². The third kappa shape index (κ3) is 2.88. The van der Waals surface area contributed by atoms with Gasteiger partial charge in [-0.3, -0.25) is 4.31 Å². The van der Waals surface area contributed by atoms with Crippen molar-refractivity contribution < 1.29 is 17.9 Å². The van der Waals surface area contributed by atoms with E-state index in [0.29, 0.717) is 12.2 Å². The van der Waals surface area contributed by atoms with Crippen molar-refractivity contribution in [2.24, 2.45) is 5.92 Å². The Bertz CT molecular complexity index is 646. The molecule has 0 spiro atoms. The maximum absolute atomic E-state index is 13.5. The predicted molar refractivity (Wildman–Crippen MR) is 70.7 cm³/mol. The molecule has 1 aliphatic heterocycles. The normalized spacial score (nSPS) is 21.0. The van der Waals surface area contributed by atoms with Gasteiger partial charge in [0.25, 0.3) is 0 Å². The second-order valence-corrected chi connectivity index (χ2v) is 6.48. The lowest BCUT2D eigenvalue weighted by atomic mass is 10.1. The molecule has 2 rings (SSSR count). The first-order valence-corrected chi connectivity index (χ1v) is 7.44. The van der Waals surface area contributed by atoms with Crippen molar-refractivity contribution in [1.82, 2.24) is 0 Å². The number of anilines is 1. The van der Waals surface area contributed by atoms with Crippen LogP contribution in [0.4, 0.5) is 10.1 Å². The molecule has 1 aromatic carbocycles. The molecule has 0 aliphatic carbocycles. The van der Waals surface area contributed by atoms with Crippen molar-refractivity contribution in [3.05, 3.63) is 29.6 Å². The van der Waals surface area contributed by atoms with Gasteiger partial charge in [-0.25, -0.2) is 12.8 Å². The Balaban J connectivity index is 2.42. The monoisotopic (exact) mass is 283 g/mol. The van der Waals surface area contributed by atoms with Gasteiger partial charge in [-0.15, -0.1) is 0 Å². The number of hydrogen-bond acceptors (Lipinski definition) is 3. The number of sulfonamides is 1. The van der Waals surface area contributed by atoms with E-state index in [2.05, 4.69) is 11.8 Å². The number of hydrogen-bond donors (Lipinski definition) is 1. The van der Waals surface area contributed by atoms with Crippen molar-refractivity contribution in [1.29, 1.82) is 0 Å². The zero-order chi connectivity index (χ0) is 14.0. The lowest BCUT2D eigenvalue weighted by Crippen LogP contribution is -2.25. The summed E-state index contributed by atoms with van der Waals surface area (Å²) >= 11 is 0. The predicted octanol–water partition coefficient (Wildman–Crippen LogP) is 0.955. The van der Waals surface area contributed by atoms with Crippen LogP contribution in [0.3, 0.4) is 0 Å². The van der Waals surface area contributed by atoms with Gasteiger partial charge in [0.15, 0.2) is 0 Å². The van der Waals surface area contributed by atoms with Crippen molar-refractivity contribution >= 4 is 15.7 Å². The molecule has 102 valence electrons. The minimum Gasteiger partial charge on any atom is -0.384 e. The molecule has 1 unspecified atom stereocenters. The topological polar surface area (TPSA) is 57.6 Å². The van der Waals surface area contributed by atoms with Crippen molar-refractivity contribution in [2.45, 2.75) is 6.92 Å². The summed E-state index contributed by atoms with van der Waals surface area (Å²) in [5.74, 6) is 4.43. The first-order chi connectivity index (χ1) is 8.94. The third-order valence-corrected chi connectivity index (χ3v) is 4.87. The fraction of sp³-hybridized carbons (Fsp3) is 0.385. The lowest BCUT2D eigenvalue weighted by Gasteiger charge is -2.17. The number of halogens is 1. The van der Waals surface area contributed by atoms with Crippen molar-refractivity contribution in [3.8, 4) is 11.8 Å². The zero-order valence-corrected chi connectivity index (χ0v) is 11.2. The molecular weight excluding hydrogens is 269 g/mol. The molecule has 0 amide bonds. The Morgan fingerprint density at radius 1 is 1.53 bits per heavy atom. The minimum absolute atomic E-state index is 0.0435. The van der Waals surface area contributed by atoms with Gasteiger partial charge in [-0.2, -0.15) is 0 Å². The van der Waals surface area contributed by atoms with Gasteiger partial charge in [-0.1, -0.05) is 18.8 Å². The van der Waals surface area contributed by atoms with Gasteiger partial charge in [0.2, 0.25) is 10.0 Å². The molecule has 0 aromatic heterocycles. The van der Waals surface area contributed by atoms with Gasteiger partial charge in [0.05, 0.1) is 17.0 Å². The second-order valence-electron chi connectivity index (χ2n) is 4.54. The summed E-state index contributed by atoms with van der Waals surface area (Å²) in [6, 6.07) is 4.01. The van der Waals surface area contributed by atoms with E-state index >= 15 is 0 Å². The van der Waals surface area contributed by atoms with Crippen molar-refractivity contribution in [3.63, 3.8) is 0 Å². The molecule has 1 aliphatic rings. The maximum Gasteiger partial charge on any atom is 0.235 e. The molecule has 6 heteroatoms. The summed E-state index contributed by atoms with van der Waals surface area (Å²) in [4.78, 5) is 0. The molecule has 4 nitrogen and oxygen atoms in total. The van der Waals surface area contributed by atoms with Crippen LogP contribution in [0, 0.1) is 23.6 Å². The Hall–Kier alpha value is -1.58. The molecule has 1 aromatic rings. The fourth-order valence-corrected chi connectivity index (χ4v) is 3.98. The molecule has 1 fully saturated rings. The first kappa shape index (κ1) is 13.8. The molecule has 19 heavy (non-hydrogen) atoms. The smallest absolute Gasteiger partial charge is 0.235 e. The number of benzene rings is 1. The second kappa shape index (κ2) is 5.19.